The van der Waals surface area contributed by atoms with Crippen molar-refractivity contribution >= 4 is 106 Å². The summed E-state index contributed by atoms with van der Waals surface area (Å²) in [6, 6.07) is 2.78. The third kappa shape index (κ3) is 6.49. The molecule has 9 nitrogen and oxygen atoms in total. The molecule has 3 rings (SSSR count). The van der Waals surface area contributed by atoms with E-state index in [9.17, 15) is 24.3 Å². The van der Waals surface area contributed by atoms with Crippen LogP contribution >= 0.6 is 23.5 Å². The SMILES string of the molecule is CC(=O)OCC1=C(C(=O)O)N2C(=O)[C@@H](NC(=O)CSc3ccncc3)[C@H]2SC1.[NaH].[NaH]. The Labute approximate surface area is 225 Å². The van der Waals surface area contributed by atoms with Crippen LogP contribution < -0.4 is 5.32 Å². The number of fused-ring (bicyclic) bond motifs is 1. The summed E-state index contributed by atoms with van der Waals surface area (Å²) >= 11 is 2.64. The van der Waals surface area contributed by atoms with E-state index >= 15 is 0 Å². The fourth-order valence-corrected chi connectivity index (χ4v) is 4.80. The van der Waals surface area contributed by atoms with Gasteiger partial charge in [0.05, 0.1) is 5.75 Å². The van der Waals surface area contributed by atoms with Gasteiger partial charge in [0.2, 0.25) is 5.91 Å². The van der Waals surface area contributed by atoms with E-state index in [1.807, 2.05) is 0 Å². The van der Waals surface area contributed by atoms with E-state index in [1.165, 1.54) is 30.4 Å². The molecule has 0 spiro atoms. The molecule has 152 valence electrons. The number of β-lactam (4-membered cyclic amide) rings is 1. The first-order valence-corrected chi connectivity index (χ1v) is 10.3. The van der Waals surface area contributed by atoms with Crippen molar-refractivity contribution in [2.45, 2.75) is 23.2 Å². The average molecular weight is 471 g/mol. The third-order valence-electron chi connectivity index (χ3n) is 4.04. The number of aliphatic carboxylic acids is 1. The number of ether oxygens (including phenoxy) is 1. The summed E-state index contributed by atoms with van der Waals surface area (Å²) in [5.74, 6) is -2.18. The van der Waals surface area contributed by atoms with Gasteiger partial charge in [-0.15, -0.1) is 23.5 Å². The molecule has 2 aliphatic heterocycles. The molecule has 1 aromatic rings. The number of carboxylic acids is 1. The number of thioether (sulfide) groups is 2. The van der Waals surface area contributed by atoms with Crippen molar-refractivity contribution in [3.63, 3.8) is 0 Å². The van der Waals surface area contributed by atoms with Gasteiger partial charge < -0.3 is 15.2 Å². The van der Waals surface area contributed by atoms with Gasteiger partial charge in [-0.2, -0.15) is 0 Å². The first-order valence-electron chi connectivity index (χ1n) is 8.24. The number of esters is 1. The van der Waals surface area contributed by atoms with Crippen LogP contribution in [-0.4, -0.2) is 127 Å². The topological polar surface area (TPSA) is 126 Å². The summed E-state index contributed by atoms with van der Waals surface area (Å²) in [7, 11) is 0. The second-order valence-corrected chi connectivity index (χ2v) is 8.12. The summed E-state index contributed by atoms with van der Waals surface area (Å²) in [5.41, 5.74) is 0.182. The van der Waals surface area contributed by atoms with Crippen molar-refractivity contribution in [1.29, 1.82) is 0 Å². The number of amides is 2. The number of nitrogens with one attached hydrogen (secondary N) is 1. The van der Waals surface area contributed by atoms with Crippen LogP contribution in [0.25, 0.3) is 0 Å². The van der Waals surface area contributed by atoms with Crippen LogP contribution in [0, 0.1) is 0 Å². The number of carbonyl (C=O) groups is 4. The number of rotatable bonds is 7. The quantitative estimate of drug-likeness (QED) is 0.227. The van der Waals surface area contributed by atoms with E-state index in [1.54, 1.807) is 24.5 Å². The van der Waals surface area contributed by atoms with Crippen molar-refractivity contribution in [3.8, 4) is 0 Å². The molecular weight excluding hydrogens is 452 g/mol. The Balaban J connectivity index is 0.00000225. The van der Waals surface area contributed by atoms with Gasteiger partial charge in [0.15, 0.2) is 0 Å². The Kier molecular flexibility index (Phi) is 11.5. The molecule has 1 saturated heterocycles. The van der Waals surface area contributed by atoms with Crippen molar-refractivity contribution in [2.75, 3.05) is 18.1 Å². The van der Waals surface area contributed by atoms with Gasteiger partial charge in [-0.3, -0.25) is 24.3 Å². The molecule has 30 heavy (non-hydrogen) atoms. The zero-order chi connectivity index (χ0) is 20.3. The predicted molar refractivity (Wildman–Crippen MR) is 116 cm³/mol. The summed E-state index contributed by atoms with van der Waals surface area (Å²) in [5, 5.41) is 11.7. The normalized spacial score (nSPS) is 19.5. The first-order chi connectivity index (χ1) is 13.4. The van der Waals surface area contributed by atoms with Crippen LogP contribution in [0.1, 0.15) is 6.92 Å². The van der Waals surface area contributed by atoms with Crippen LogP contribution in [0.15, 0.2) is 40.7 Å². The second-order valence-electron chi connectivity index (χ2n) is 5.96. The van der Waals surface area contributed by atoms with E-state index in [-0.39, 0.29) is 83.1 Å². The zero-order valence-electron chi connectivity index (χ0n) is 14.8. The molecule has 0 aliphatic carbocycles. The summed E-state index contributed by atoms with van der Waals surface area (Å²) < 4.78 is 4.88. The molecule has 3 heterocycles. The van der Waals surface area contributed by atoms with Crippen LogP contribution in [0.3, 0.4) is 0 Å². The number of pyridine rings is 1. The second kappa shape index (κ2) is 12.5. The van der Waals surface area contributed by atoms with E-state index in [0.717, 1.165) is 9.80 Å². The molecule has 1 fully saturated rings. The van der Waals surface area contributed by atoms with Gasteiger partial charge >= 0.3 is 71.1 Å². The van der Waals surface area contributed by atoms with E-state index in [4.69, 9.17) is 4.74 Å². The summed E-state index contributed by atoms with van der Waals surface area (Å²) in [4.78, 5) is 53.2. The van der Waals surface area contributed by atoms with Crippen molar-refractivity contribution in [1.82, 2.24) is 15.2 Å². The number of hydrogen-bond donors (Lipinski definition) is 2. The molecule has 13 heteroatoms. The number of nitrogens with zero attached hydrogens (tertiary/aromatic N) is 2. The Morgan fingerprint density at radius 3 is 2.60 bits per heavy atom. The zero-order valence-corrected chi connectivity index (χ0v) is 16.4. The maximum absolute atomic E-state index is 12.5. The van der Waals surface area contributed by atoms with E-state index < -0.39 is 29.3 Å². The van der Waals surface area contributed by atoms with Crippen molar-refractivity contribution in [3.05, 3.63) is 35.8 Å². The standard InChI is InChI=1S/C17H17N3O6S2.2Na.2H/c1-9(21)26-6-10-7-28-16-13(15(23)20(16)14(10)17(24)25)19-12(22)8-27-11-2-4-18-5-3-11;;;;/h2-5,13,16H,6-8H2,1H3,(H,19,22)(H,24,25);;;;/t13-,16-;;;;/m1..../s1. The molecule has 0 radical (unpaired) electrons. The maximum atomic E-state index is 12.5. The van der Waals surface area contributed by atoms with Gasteiger partial charge in [0, 0.05) is 35.5 Å². The number of aromatic nitrogens is 1. The van der Waals surface area contributed by atoms with Crippen LogP contribution in [0.2, 0.25) is 0 Å². The minimum atomic E-state index is -1.26. The minimum absolute atomic E-state index is 0. The van der Waals surface area contributed by atoms with Crippen molar-refractivity contribution in [2.24, 2.45) is 0 Å². The fourth-order valence-electron chi connectivity index (χ4n) is 2.78. The molecule has 0 aromatic carbocycles. The molecule has 0 unspecified atom stereocenters. The summed E-state index contributed by atoms with van der Waals surface area (Å²) in [6.07, 6.45) is 3.25. The fraction of sp³-hybridized carbons (Fsp3) is 0.353. The Bertz CT molecular complexity index is 855. The molecular formula is C17H19N3Na2O6S2. The van der Waals surface area contributed by atoms with Gasteiger partial charge in [-0.25, -0.2) is 4.79 Å². The Hall–Kier alpha value is -0.530. The molecule has 2 aliphatic rings. The number of carbonyl (C=O) groups excluding carboxylic acids is 3. The van der Waals surface area contributed by atoms with Gasteiger partial charge in [0.25, 0.3) is 5.91 Å². The molecule has 0 bridgehead atoms. The molecule has 1 aromatic heterocycles. The van der Waals surface area contributed by atoms with Crippen LogP contribution in [0.4, 0.5) is 0 Å². The van der Waals surface area contributed by atoms with E-state index in [0.29, 0.717) is 11.3 Å². The number of hydrogen-bond acceptors (Lipinski definition) is 8. The molecule has 2 N–H and O–H groups in total. The average Bonchev–Trinajstić information content (AvgIpc) is 2.68. The predicted octanol–water partition coefficient (Wildman–Crippen LogP) is -0.822. The van der Waals surface area contributed by atoms with Gasteiger partial charge in [0.1, 0.15) is 23.7 Å². The Morgan fingerprint density at radius 1 is 1.33 bits per heavy atom. The summed E-state index contributed by atoms with van der Waals surface area (Å²) in [6.45, 7) is 1.05. The van der Waals surface area contributed by atoms with Crippen LogP contribution in [-0.2, 0) is 23.9 Å². The third-order valence-corrected chi connectivity index (χ3v) is 6.39. The molecule has 2 atom stereocenters. The molecule has 0 saturated carbocycles. The molecule has 2 amide bonds. The Morgan fingerprint density at radius 2 is 2.00 bits per heavy atom. The first kappa shape index (κ1) is 27.5. The monoisotopic (exact) mass is 471 g/mol. The van der Waals surface area contributed by atoms with Gasteiger partial charge in [-0.1, -0.05) is 0 Å². The number of carboxylic acid groups (broad SMARTS) is 1. The van der Waals surface area contributed by atoms with E-state index in [2.05, 4.69) is 10.3 Å². The van der Waals surface area contributed by atoms with Crippen molar-refractivity contribution < 1.29 is 29.0 Å². The van der Waals surface area contributed by atoms with Gasteiger partial charge in [-0.05, 0) is 12.1 Å². The van der Waals surface area contributed by atoms with Crippen LogP contribution in [0.5, 0.6) is 0 Å².